The molecule has 166 valence electrons. The van der Waals surface area contributed by atoms with E-state index in [1.54, 1.807) is 13.3 Å². The van der Waals surface area contributed by atoms with E-state index in [9.17, 15) is 0 Å². The second kappa shape index (κ2) is 8.99. The lowest BCUT2D eigenvalue weighted by Gasteiger charge is -2.10. The van der Waals surface area contributed by atoms with Crippen molar-refractivity contribution in [3.63, 3.8) is 0 Å². The van der Waals surface area contributed by atoms with E-state index < -0.39 is 0 Å². The SMILES string of the molecule is COc1ccc(CCn2c(-c3cc[nH]n3)nc3c(N)nc(NCc4ccccc4)nc32)cc1. The van der Waals surface area contributed by atoms with Gasteiger partial charge in [-0.15, -0.1) is 0 Å². The number of nitrogens with zero attached hydrogens (tertiary/aromatic N) is 5. The highest BCUT2D eigenvalue weighted by molar-refractivity contribution is 5.86. The predicted molar refractivity (Wildman–Crippen MR) is 128 cm³/mol. The summed E-state index contributed by atoms with van der Waals surface area (Å²) < 4.78 is 7.30. The fourth-order valence-electron chi connectivity index (χ4n) is 3.70. The summed E-state index contributed by atoms with van der Waals surface area (Å²) in [7, 11) is 1.66. The lowest BCUT2D eigenvalue weighted by molar-refractivity contribution is 0.414. The van der Waals surface area contributed by atoms with Crippen molar-refractivity contribution in [3.8, 4) is 17.3 Å². The number of anilines is 2. The Bertz CT molecular complexity index is 1350. The summed E-state index contributed by atoms with van der Waals surface area (Å²) in [5.74, 6) is 2.32. The number of aryl methyl sites for hydroxylation is 2. The molecule has 0 radical (unpaired) electrons. The number of hydrogen-bond donors (Lipinski definition) is 3. The fraction of sp³-hybridized carbons (Fsp3) is 0.167. The molecule has 0 aliphatic carbocycles. The number of nitrogen functional groups attached to an aromatic ring is 1. The molecule has 0 spiro atoms. The van der Waals surface area contributed by atoms with Gasteiger partial charge in [0, 0.05) is 19.3 Å². The maximum atomic E-state index is 6.29. The number of H-pyrrole nitrogens is 1. The zero-order valence-corrected chi connectivity index (χ0v) is 18.2. The molecule has 9 nitrogen and oxygen atoms in total. The van der Waals surface area contributed by atoms with Crippen LogP contribution in [0.15, 0.2) is 66.9 Å². The van der Waals surface area contributed by atoms with E-state index in [0.717, 1.165) is 23.4 Å². The van der Waals surface area contributed by atoms with E-state index in [4.69, 9.17) is 20.4 Å². The Morgan fingerprint density at radius 1 is 0.970 bits per heavy atom. The van der Waals surface area contributed by atoms with Crippen molar-refractivity contribution in [1.29, 1.82) is 0 Å². The minimum Gasteiger partial charge on any atom is -0.497 e. The van der Waals surface area contributed by atoms with Crippen molar-refractivity contribution in [3.05, 3.63) is 78.0 Å². The maximum Gasteiger partial charge on any atom is 0.227 e. The molecule has 2 aromatic carbocycles. The molecular weight excluding hydrogens is 416 g/mol. The minimum atomic E-state index is 0.329. The number of fused-ring (bicyclic) bond motifs is 1. The molecule has 0 aliphatic heterocycles. The van der Waals surface area contributed by atoms with Crippen LogP contribution in [0.4, 0.5) is 11.8 Å². The third kappa shape index (κ3) is 4.33. The third-order valence-corrected chi connectivity index (χ3v) is 5.43. The average molecular weight is 441 g/mol. The van der Waals surface area contributed by atoms with E-state index in [1.165, 1.54) is 5.56 Å². The molecule has 3 heterocycles. The molecule has 9 heteroatoms. The first-order valence-electron chi connectivity index (χ1n) is 10.7. The van der Waals surface area contributed by atoms with Crippen LogP contribution in [0.2, 0.25) is 0 Å². The van der Waals surface area contributed by atoms with Crippen LogP contribution in [0, 0.1) is 0 Å². The van der Waals surface area contributed by atoms with Gasteiger partial charge in [-0.1, -0.05) is 42.5 Å². The number of imidazole rings is 1. The monoisotopic (exact) mass is 440 g/mol. The van der Waals surface area contributed by atoms with Crippen LogP contribution in [0.25, 0.3) is 22.7 Å². The Balaban J connectivity index is 1.49. The van der Waals surface area contributed by atoms with Gasteiger partial charge in [-0.2, -0.15) is 15.1 Å². The second-order valence-electron chi connectivity index (χ2n) is 7.59. The first kappa shape index (κ1) is 20.5. The van der Waals surface area contributed by atoms with E-state index >= 15 is 0 Å². The lowest BCUT2D eigenvalue weighted by Crippen LogP contribution is -2.09. The van der Waals surface area contributed by atoms with Crippen molar-refractivity contribution >= 4 is 22.9 Å². The number of aromatic amines is 1. The summed E-state index contributed by atoms with van der Waals surface area (Å²) in [6.07, 6.45) is 2.55. The van der Waals surface area contributed by atoms with Crippen LogP contribution in [-0.2, 0) is 19.5 Å². The lowest BCUT2D eigenvalue weighted by atomic mass is 10.1. The minimum absolute atomic E-state index is 0.329. The molecule has 5 aromatic rings. The number of hydrogen-bond acceptors (Lipinski definition) is 7. The highest BCUT2D eigenvalue weighted by Crippen LogP contribution is 2.27. The molecule has 3 aromatic heterocycles. The smallest absolute Gasteiger partial charge is 0.227 e. The van der Waals surface area contributed by atoms with Crippen molar-refractivity contribution in [2.24, 2.45) is 0 Å². The molecule has 0 bridgehead atoms. The zero-order valence-electron chi connectivity index (χ0n) is 18.2. The fourth-order valence-corrected chi connectivity index (χ4v) is 3.70. The van der Waals surface area contributed by atoms with Gasteiger partial charge in [-0.05, 0) is 35.7 Å². The first-order chi connectivity index (χ1) is 16.2. The molecule has 0 unspecified atom stereocenters. The summed E-state index contributed by atoms with van der Waals surface area (Å²) in [6.45, 7) is 1.25. The Kier molecular flexibility index (Phi) is 5.59. The average Bonchev–Trinajstić information content (AvgIpc) is 3.51. The molecule has 0 aliphatic rings. The quantitative estimate of drug-likeness (QED) is 0.337. The van der Waals surface area contributed by atoms with Crippen LogP contribution in [0.1, 0.15) is 11.1 Å². The Morgan fingerprint density at radius 3 is 2.52 bits per heavy atom. The van der Waals surface area contributed by atoms with Crippen molar-refractivity contribution in [1.82, 2.24) is 29.7 Å². The van der Waals surface area contributed by atoms with Crippen LogP contribution in [0.3, 0.4) is 0 Å². The highest BCUT2D eigenvalue weighted by atomic mass is 16.5. The second-order valence-corrected chi connectivity index (χ2v) is 7.59. The summed E-state index contributed by atoms with van der Waals surface area (Å²) >= 11 is 0. The molecule has 0 amide bonds. The van der Waals surface area contributed by atoms with Crippen LogP contribution in [0.5, 0.6) is 5.75 Å². The number of methoxy groups -OCH3 is 1. The Labute approximate surface area is 190 Å². The van der Waals surface area contributed by atoms with Gasteiger partial charge in [-0.25, -0.2) is 4.98 Å². The molecule has 5 rings (SSSR count). The normalized spacial score (nSPS) is 11.1. The van der Waals surface area contributed by atoms with Crippen molar-refractivity contribution in [2.75, 3.05) is 18.2 Å². The largest absolute Gasteiger partial charge is 0.497 e. The summed E-state index contributed by atoms with van der Waals surface area (Å²) in [6, 6.07) is 20.0. The molecule has 0 saturated carbocycles. The van der Waals surface area contributed by atoms with E-state index in [0.29, 0.717) is 41.8 Å². The summed E-state index contributed by atoms with van der Waals surface area (Å²) in [5, 5.41) is 10.4. The number of rotatable bonds is 8. The van der Waals surface area contributed by atoms with E-state index in [-0.39, 0.29) is 0 Å². The topological polar surface area (TPSA) is 120 Å². The van der Waals surface area contributed by atoms with Crippen LogP contribution in [-0.4, -0.2) is 36.8 Å². The van der Waals surface area contributed by atoms with Crippen LogP contribution < -0.4 is 15.8 Å². The zero-order chi connectivity index (χ0) is 22.6. The van der Waals surface area contributed by atoms with E-state index in [2.05, 4.69) is 32.6 Å². The predicted octanol–water partition coefficient (Wildman–Crippen LogP) is 3.66. The third-order valence-electron chi connectivity index (χ3n) is 5.43. The molecule has 4 N–H and O–H groups in total. The first-order valence-corrected chi connectivity index (χ1v) is 10.7. The molecule has 0 atom stereocenters. The maximum absolute atomic E-state index is 6.29. The van der Waals surface area contributed by atoms with Gasteiger partial charge in [-0.3, -0.25) is 5.10 Å². The molecule has 33 heavy (non-hydrogen) atoms. The van der Waals surface area contributed by atoms with Gasteiger partial charge < -0.3 is 20.4 Å². The molecule has 0 fully saturated rings. The highest BCUT2D eigenvalue weighted by Gasteiger charge is 2.19. The Morgan fingerprint density at radius 2 is 1.79 bits per heavy atom. The van der Waals surface area contributed by atoms with Crippen LogP contribution >= 0.6 is 0 Å². The molecule has 0 saturated heterocycles. The van der Waals surface area contributed by atoms with E-state index in [1.807, 2.05) is 53.1 Å². The summed E-state index contributed by atoms with van der Waals surface area (Å²) in [5.41, 5.74) is 10.6. The number of aromatic nitrogens is 6. The number of nitrogens with two attached hydrogens (primary N) is 1. The number of nitrogens with one attached hydrogen (secondary N) is 2. The van der Waals surface area contributed by atoms with Crippen molar-refractivity contribution < 1.29 is 4.74 Å². The van der Waals surface area contributed by atoms with Gasteiger partial charge in [0.05, 0.1) is 7.11 Å². The van der Waals surface area contributed by atoms with Crippen molar-refractivity contribution in [2.45, 2.75) is 19.5 Å². The molecular formula is C24H24N8O. The standard InChI is InChI=1S/C24H24N8O/c1-33-18-9-7-16(8-10-18)12-14-32-22(19-11-13-27-31-19)28-20-21(25)29-24(30-23(20)32)26-15-17-5-3-2-4-6-17/h2-11,13H,12,14-15H2,1H3,(H,27,31)(H3,25,26,29,30). The van der Waals surface area contributed by atoms with Gasteiger partial charge in [0.2, 0.25) is 5.95 Å². The van der Waals surface area contributed by atoms with Gasteiger partial charge in [0.15, 0.2) is 22.8 Å². The van der Waals surface area contributed by atoms with Gasteiger partial charge >= 0.3 is 0 Å². The Hall–Kier alpha value is -4.40. The number of benzene rings is 2. The van der Waals surface area contributed by atoms with Gasteiger partial charge in [0.1, 0.15) is 11.4 Å². The van der Waals surface area contributed by atoms with Gasteiger partial charge in [0.25, 0.3) is 0 Å². The number of ether oxygens (including phenoxy) is 1. The summed E-state index contributed by atoms with van der Waals surface area (Å²) in [4.78, 5) is 13.9.